The summed E-state index contributed by atoms with van der Waals surface area (Å²) in [5.41, 5.74) is 3.80. The summed E-state index contributed by atoms with van der Waals surface area (Å²) in [4.78, 5) is 46.7. The van der Waals surface area contributed by atoms with Crippen molar-refractivity contribution in [2.75, 3.05) is 40.3 Å². The molecule has 4 heterocycles. The van der Waals surface area contributed by atoms with E-state index >= 15 is 0 Å². The second-order valence-electron chi connectivity index (χ2n) is 12.1. The van der Waals surface area contributed by atoms with E-state index in [0.29, 0.717) is 29.6 Å². The average Bonchev–Trinajstić information content (AvgIpc) is 3.27. The SMILES string of the molecule is COc1cc(C)[nH]c(=O)c1CCC(=O)c1c(C)n([C@H](C)C2CCN(C(=O)C3CCN(C)CC3)CC2)c2ccccc12. The van der Waals surface area contributed by atoms with Gasteiger partial charge in [0.15, 0.2) is 5.78 Å². The Bertz CT molecular complexity index is 1470. The number of aryl methyl sites for hydroxylation is 1. The largest absolute Gasteiger partial charge is 0.496 e. The van der Waals surface area contributed by atoms with E-state index < -0.39 is 0 Å². The summed E-state index contributed by atoms with van der Waals surface area (Å²) >= 11 is 0. The molecule has 1 aromatic carbocycles. The first-order chi connectivity index (χ1) is 19.7. The Labute approximate surface area is 242 Å². The molecule has 0 radical (unpaired) electrons. The normalized spacial score (nSPS) is 18.1. The van der Waals surface area contributed by atoms with Crippen LogP contribution in [0.25, 0.3) is 10.9 Å². The lowest BCUT2D eigenvalue weighted by atomic mass is 9.88. The molecule has 2 aliphatic heterocycles. The van der Waals surface area contributed by atoms with Crippen LogP contribution in [0.3, 0.4) is 0 Å². The zero-order valence-corrected chi connectivity index (χ0v) is 25.2. The number of fused-ring (bicyclic) bond motifs is 1. The zero-order chi connectivity index (χ0) is 29.3. The molecule has 8 heteroatoms. The Kier molecular flexibility index (Phi) is 8.68. The number of hydrogen-bond donors (Lipinski definition) is 1. The minimum Gasteiger partial charge on any atom is -0.496 e. The lowest BCUT2D eigenvalue weighted by molar-refractivity contribution is -0.138. The van der Waals surface area contributed by atoms with Gasteiger partial charge in [-0.05, 0) is 91.1 Å². The number of methoxy groups -OCH3 is 1. The molecule has 5 rings (SSSR count). The number of carbonyl (C=O) groups is 2. The highest BCUT2D eigenvalue weighted by molar-refractivity contribution is 6.09. The van der Waals surface area contributed by atoms with Crippen LogP contribution in [0.1, 0.15) is 72.4 Å². The van der Waals surface area contributed by atoms with Crippen molar-refractivity contribution in [1.29, 1.82) is 0 Å². The summed E-state index contributed by atoms with van der Waals surface area (Å²) in [5, 5.41) is 0.960. The van der Waals surface area contributed by atoms with Gasteiger partial charge in [-0.1, -0.05) is 18.2 Å². The van der Waals surface area contributed by atoms with Gasteiger partial charge in [0, 0.05) is 59.3 Å². The van der Waals surface area contributed by atoms with Crippen molar-refractivity contribution in [3.8, 4) is 5.75 Å². The number of piperidine rings is 2. The minimum atomic E-state index is -0.205. The van der Waals surface area contributed by atoms with Crippen LogP contribution >= 0.6 is 0 Å². The monoisotopic (exact) mass is 560 g/mol. The van der Waals surface area contributed by atoms with Crippen LogP contribution in [0.4, 0.5) is 0 Å². The molecule has 1 amide bonds. The van der Waals surface area contributed by atoms with Crippen LogP contribution in [0.15, 0.2) is 35.1 Å². The van der Waals surface area contributed by atoms with E-state index in [2.05, 4.69) is 39.4 Å². The van der Waals surface area contributed by atoms with E-state index in [-0.39, 0.29) is 29.7 Å². The highest BCUT2D eigenvalue weighted by atomic mass is 16.5. The summed E-state index contributed by atoms with van der Waals surface area (Å²) < 4.78 is 7.78. The smallest absolute Gasteiger partial charge is 0.255 e. The van der Waals surface area contributed by atoms with Crippen molar-refractivity contribution in [2.45, 2.75) is 65.3 Å². The molecule has 2 saturated heterocycles. The van der Waals surface area contributed by atoms with Crippen LogP contribution in [-0.4, -0.2) is 71.4 Å². The van der Waals surface area contributed by atoms with Gasteiger partial charge in [0.2, 0.25) is 5.91 Å². The molecule has 0 saturated carbocycles. The van der Waals surface area contributed by atoms with E-state index in [4.69, 9.17) is 4.74 Å². The third-order valence-corrected chi connectivity index (χ3v) is 9.50. The van der Waals surface area contributed by atoms with E-state index in [1.54, 1.807) is 13.2 Å². The van der Waals surface area contributed by atoms with Crippen LogP contribution in [0.2, 0.25) is 0 Å². The fourth-order valence-corrected chi connectivity index (χ4v) is 7.06. The highest BCUT2D eigenvalue weighted by Crippen LogP contribution is 2.37. The van der Waals surface area contributed by atoms with Crippen LogP contribution in [0.5, 0.6) is 5.75 Å². The molecule has 2 aromatic heterocycles. The Balaban J connectivity index is 1.32. The van der Waals surface area contributed by atoms with Crippen molar-refractivity contribution >= 4 is 22.6 Å². The molecule has 0 bridgehead atoms. The Hall–Kier alpha value is -3.39. The number of aromatic amines is 1. The molecule has 1 atom stereocenters. The van der Waals surface area contributed by atoms with Gasteiger partial charge < -0.3 is 24.1 Å². The Morgan fingerprint density at radius 3 is 2.41 bits per heavy atom. The number of H-pyrrole nitrogens is 1. The molecule has 3 aromatic rings. The molecule has 1 N–H and O–H groups in total. The van der Waals surface area contributed by atoms with Gasteiger partial charge in [0.05, 0.1) is 12.7 Å². The number of pyridine rings is 1. The standard InChI is InChI=1S/C33H44N4O4/c1-21-20-30(41-5)27(32(39)34-21)10-11-29(38)31-23(3)37(28-9-7-6-8-26(28)31)22(2)24-14-18-36(19-15-24)33(40)25-12-16-35(4)17-13-25/h6-9,20,22,24-25H,10-19H2,1-5H3,(H,34,39)/t22-/m1/s1. The molecule has 0 unspecified atom stereocenters. The number of nitrogens with zero attached hydrogens (tertiary/aromatic N) is 3. The number of rotatable bonds is 8. The number of likely N-dealkylation sites (tertiary alicyclic amines) is 2. The van der Waals surface area contributed by atoms with Gasteiger partial charge >= 0.3 is 0 Å². The van der Waals surface area contributed by atoms with E-state index in [1.165, 1.54) is 0 Å². The number of nitrogens with one attached hydrogen (secondary N) is 1. The minimum absolute atomic E-state index is 0.0326. The van der Waals surface area contributed by atoms with Crippen molar-refractivity contribution in [2.24, 2.45) is 11.8 Å². The number of para-hydroxylation sites is 1. The number of amides is 1. The Morgan fingerprint density at radius 1 is 1.05 bits per heavy atom. The second kappa shape index (κ2) is 12.2. The number of benzene rings is 1. The molecule has 0 spiro atoms. The lowest BCUT2D eigenvalue weighted by Gasteiger charge is -2.38. The van der Waals surface area contributed by atoms with Crippen molar-refractivity contribution in [3.63, 3.8) is 0 Å². The van der Waals surface area contributed by atoms with Gasteiger partial charge in [-0.3, -0.25) is 14.4 Å². The van der Waals surface area contributed by atoms with Crippen molar-refractivity contribution in [1.82, 2.24) is 19.4 Å². The van der Waals surface area contributed by atoms with Gasteiger partial charge in [-0.25, -0.2) is 0 Å². The molecular weight excluding hydrogens is 516 g/mol. The fraction of sp³-hybridized carbons (Fsp3) is 0.545. The number of Topliss-reactive ketones (excluding diaryl/α,β-unsaturated/α-hetero) is 1. The first kappa shape index (κ1) is 29.1. The van der Waals surface area contributed by atoms with Crippen LogP contribution in [0, 0.1) is 25.7 Å². The zero-order valence-electron chi connectivity index (χ0n) is 25.2. The van der Waals surface area contributed by atoms with E-state index in [9.17, 15) is 14.4 Å². The van der Waals surface area contributed by atoms with E-state index in [1.807, 2.05) is 32.0 Å². The average molecular weight is 561 g/mol. The van der Waals surface area contributed by atoms with E-state index in [0.717, 1.165) is 79.7 Å². The molecular formula is C33H44N4O4. The van der Waals surface area contributed by atoms with Crippen molar-refractivity contribution < 1.29 is 14.3 Å². The van der Waals surface area contributed by atoms with Crippen molar-refractivity contribution in [3.05, 3.63) is 63.2 Å². The highest BCUT2D eigenvalue weighted by Gasteiger charge is 2.33. The number of ketones is 1. The third kappa shape index (κ3) is 5.85. The summed E-state index contributed by atoms with van der Waals surface area (Å²) in [7, 11) is 3.68. The Morgan fingerprint density at radius 2 is 1.73 bits per heavy atom. The van der Waals surface area contributed by atoms with Gasteiger partial charge in [-0.15, -0.1) is 0 Å². The first-order valence-corrected chi connectivity index (χ1v) is 15.1. The predicted octanol–water partition coefficient (Wildman–Crippen LogP) is 4.91. The summed E-state index contributed by atoms with van der Waals surface area (Å²) in [5.74, 6) is 1.48. The number of ether oxygens (including phenoxy) is 1. The predicted molar refractivity (Wildman–Crippen MR) is 162 cm³/mol. The maximum atomic E-state index is 13.7. The summed E-state index contributed by atoms with van der Waals surface area (Å²) in [6.45, 7) is 9.72. The third-order valence-electron chi connectivity index (χ3n) is 9.50. The maximum Gasteiger partial charge on any atom is 0.255 e. The van der Waals surface area contributed by atoms with Crippen LogP contribution in [-0.2, 0) is 11.2 Å². The molecule has 2 aliphatic rings. The summed E-state index contributed by atoms with van der Waals surface area (Å²) in [6.07, 6.45) is 4.39. The molecule has 41 heavy (non-hydrogen) atoms. The molecule has 2 fully saturated rings. The number of carbonyl (C=O) groups excluding carboxylic acids is 2. The fourth-order valence-electron chi connectivity index (χ4n) is 7.06. The lowest BCUT2D eigenvalue weighted by Crippen LogP contribution is -2.45. The van der Waals surface area contributed by atoms with Crippen LogP contribution < -0.4 is 10.3 Å². The topological polar surface area (TPSA) is 87.6 Å². The van der Waals surface area contributed by atoms with Gasteiger partial charge in [-0.2, -0.15) is 0 Å². The molecule has 220 valence electrons. The number of hydrogen-bond acceptors (Lipinski definition) is 5. The van der Waals surface area contributed by atoms with Gasteiger partial charge in [0.1, 0.15) is 5.75 Å². The first-order valence-electron chi connectivity index (χ1n) is 15.1. The molecule has 0 aliphatic carbocycles. The second-order valence-corrected chi connectivity index (χ2v) is 12.1. The van der Waals surface area contributed by atoms with Gasteiger partial charge in [0.25, 0.3) is 5.56 Å². The summed E-state index contributed by atoms with van der Waals surface area (Å²) in [6, 6.07) is 10.1. The maximum absolute atomic E-state index is 13.7. The molecule has 8 nitrogen and oxygen atoms in total. The quantitative estimate of drug-likeness (QED) is 0.396. The number of aromatic nitrogens is 2.